The summed E-state index contributed by atoms with van der Waals surface area (Å²) < 4.78 is 40.9. The molecule has 0 radical (unpaired) electrons. The van der Waals surface area contributed by atoms with E-state index in [9.17, 15) is 18.0 Å². The smallest absolute Gasteiger partial charge is 0.406 e. The number of rotatable bonds is 3. The van der Waals surface area contributed by atoms with Crippen molar-refractivity contribution in [2.45, 2.75) is 32.7 Å². The molecule has 0 aliphatic carbocycles. The quantitative estimate of drug-likeness (QED) is 0.855. The third kappa shape index (κ3) is 3.44. The SMILES string of the molecule is CC1(C)CN(C2CCN(c3cccc(OC(F)(F)F)c3)C2=O)C1. The Bertz CT molecular complexity index is 608. The van der Waals surface area contributed by atoms with Crippen molar-refractivity contribution in [2.75, 3.05) is 24.5 Å². The fraction of sp³-hybridized carbons (Fsp3) is 0.562. The van der Waals surface area contributed by atoms with Crippen molar-refractivity contribution in [2.24, 2.45) is 5.41 Å². The molecule has 1 aromatic carbocycles. The second-order valence-corrected chi connectivity index (χ2v) is 6.91. The molecule has 1 unspecified atom stereocenters. The molecule has 1 aromatic rings. The van der Waals surface area contributed by atoms with E-state index in [4.69, 9.17) is 0 Å². The topological polar surface area (TPSA) is 32.8 Å². The van der Waals surface area contributed by atoms with Crippen LogP contribution in [0.2, 0.25) is 0 Å². The van der Waals surface area contributed by atoms with Gasteiger partial charge in [-0.3, -0.25) is 9.69 Å². The van der Waals surface area contributed by atoms with Gasteiger partial charge < -0.3 is 9.64 Å². The maximum atomic E-state index is 12.6. The first kappa shape index (κ1) is 16.1. The first-order valence-corrected chi connectivity index (χ1v) is 7.56. The second kappa shape index (κ2) is 5.40. The molecular formula is C16H19F3N2O2. The number of carbonyl (C=O) groups is 1. The summed E-state index contributed by atoms with van der Waals surface area (Å²) in [6.45, 7) is 6.55. The molecular weight excluding hydrogens is 309 g/mol. The summed E-state index contributed by atoms with van der Waals surface area (Å²) >= 11 is 0. The zero-order valence-electron chi connectivity index (χ0n) is 13.1. The highest BCUT2D eigenvalue weighted by atomic mass is 19.4. The highest BCUT2D eigenvalue weighted by Gasteiger charge is 2.45. The minimum absolute atomic E-state index is 0.0512. The van der Waals surface area contributed by atoms with Crippen LogP contribution >= 0.6 is 0 Å². The van der Waals surface area contributed by atoms with Gasteiger partial charge in [0.1, 0.15) is 5.75 Å². The molecule has 2 aliphatic heterocycles. The van der Waals surface area contributed by atoms with Crippen LogP contribution in [0.4, 0.5) is 18.9 Å². The highest BCUT2D eigenvalue weighted by molar-refractivity contribution is 5.99. The molecule has 1 atom stereocenters. The van der Waals surface area contributed by atoms with Crippen LogP contribution in [0.25, 0.3) is 0 Å². The molecule has 2 heterocycles. The minimum Gasteiger partial charge on any atom is -0.406 e. The van der Waals surface area contributed by atoms with Gasteiger partial charge in [-0.1, -0.05) is 19.9 Å². The van der Waals surface area contributed by atoms with Crippen molar-refractivity contribution < 1.29 is 22.7 Å². The molecule has 0 bridgehead atoms. The van der Waals surface area contributed by atoms with Gasteiger partial charge in [-0.15, -0.1) is 13.2 Å². The Morgan fingerprint density at radius 2 is 1.96 bits per heavy atom. The van der Waals surface area contributed by atoms with Crippen molar-refractivity contribution in [3.63, 3.8) is 0 Å². The first-order chi connectivity index (χ1) is 10.6. The molecule has 2 fully saturated rings. The van der Waals surface area contributed by atoms with Crippen molar-refractivity contribution in [3.8, 4) is 5.75 Å². The van der Waals surface area contributed by atoms with Crippen LogP contribution in [0, 0.1) is 5.41 Å². The molecule has 2 aliphatic rings. The Labute approximate surface area is 132 Å². The molecule has 4 nitrogen and oxygen atoms in total. The maximum Gasteiger partial charge on any atom is 0.573 e. The number of amides is 1. The lowest BCUT2D eigenvalue weighted by Crippen LogP contribution is -2.59. The molecule has 126 valence electrons. The number of carbonyl (C=O) groups excluding carboxylic acids is 1. The number of alkyl halides is 3. The third-order valence-corrected chi connectivity index (χ3v) is 4.24. The van der Waals surface area contributed by atoms with Crippen LogP contribution in [0.1, 0.15) is 20.3 Å². The van der Waals surface area contributed by atoms with Crippen LogP contribution in [-0.2, 0) is 4.79 Å². The number of benzene rings is 1. The monoisotopic (exact) mass is 328 g/mol. The number of halogens is 3. The summed E-state index contributed by atoms with van der Waals surface area (Å²) in [5.74, 6) is -0.360. The van der Waals surface area contributed by atoms with Gasteiger partial charge in [0, 0.05) is 31.4 Å². The Hall–Kier alpha value is -1.76. The summed E-state index contributed by atoms with van der Waals surface area (Å²) in [7, 11) is 0. The minimum atomic E-state index is -4.74. The Morgan fingerprint density at radius 1 is 1.26 bits per heavy atom. The van der Waals surface area contributed by atoms with E-state index in [0.717, 1.165) is 13.1 Å². The van der Waals surface area contributed by atoms with Gasteiger partial charge in [0.05, 0.1) is 6.04 Å². The van der Waals surface area contributed by atoms with Gasteiger partial charge in [-0.25, -0.2) is 0 Å². The van der Waals surface area contributed by atoms with E-state index in [0.29, 0.717) is 18.7 Å². The molecule has 0 aromatic heterocycles. The van der Waals surface area contributed by atoms with Crippen molar-refractivity contribution in [3.05, 3.63) is 24.3 Å². The number of anilines is 1. The average Bonchev–Trinajstić information content (AvgIpc) is 2.76. The van der Waals surface area contributed by atoms with Gasteiger partial charge >= 0.3 is 6.36 Å². The lowest BCUT2D eigenvalue weighted by Gasteiger charge is -2.48. The maximum absolute atomic E-state index is 12.6. The molecule has 23 heavy (non-hydrogen) atoms. The molecule has 7 heteroatoms. The second-order valence-electron chi connectivity index (χ2n) is 6.91. The molecule has 3 rings (SSSR count). The molecule has 2 saturated heterocycles. The van der Waals surface area contributed by atoms with E-state index in [-0.39, 0.29) is 23.1 Å². The fourth-order valence-corrected chi connectivity index (χ4v) is 3.38. The number of likely N-dealkylation sites (tertiary alicyclic amines) is 1. The van der Waals surface area contributed by atoms with E-state index < -0.39 is 6.36 Å². The normalized spacial score (nSPS) is 24.7. The summed E-state index contributed by atoms with van der Waals surface area (Å²) in [5, 5.41) is 0. The zero-order chi connectivity index (χ0) is 16.8. The van der Waals surface area contributed by atoms with E-state index in [1.165, 1.54) is 18.2 Å². The van der Waals surface area contributed by atoms with E-state index in [1.807, 2.05) is 0 Å². The third-order valence-electron chi connectivity index (χ3n) is 4.24. The van der Waals surface area contributed by atoms with Crippen LogP contribution in [-0.4, -0.2) is 42.8 Å². The Kier molecular flexibility index (Phi) is 3.78. The van der Waals surface area contributed by atoms with E-state index in [2.05, 4.69) is 23.5 Å². The summed E-state index contributed by atoms with van der Waals surface area (Å²) in [6, 6.07) is 5.41. The summed E-state index contributed by atoms with van der Waals surface area (Å²) in [6.07, 6.45) is -4.04. The molecule has 0 saturated carbocycles. The number of hydrogen-bond donors (Lipinski definition) is 0. The fourth-order valence-electron chi connectivity index (χ4n) is 3.38. The van der Waals surface area contributed by atoms with Crippen molar-refractivity contribution >= 4 is 11.6 Å². The number of hydrogen-bond acceptors (Lipinski definition) is 3. The predicted molar refractivity (Wildman–Crippen MR) is 79.2 cm³/mol. The van der Waals surface area contributed by atoms with Crippen LogP contribution < -0.4 is 9.64 Å². The largest absolute Gasteiger partial charge is 0.573 e. The van der Waals surface area contributed by atoms with E-state index in [1.54, 1.807) is 11.0 Å². The Morgan fingerprint density at radius 3 is 2.57 bits per heavy atom. The zero-order valence-corrected chi connectivity index (χ0v) is 13.1. The van der Waals surface area contributed by atoms with Gasteiger partial charge in [-0.2, -0.15) is 0 Å². The molecule has 1 amide bonds. The summed E-state index contributed by atoms with van der Waals surface area (Å²) in [5.41, 5.74) is 0.674. The first-order valence-electron chi connectivity index (χ1n) is 7.56. The highest BCUT2D eigenvalue weighted by Crippen LogP contribution is 2.35. The van der Waals surface area contributed by atoms with Crippen LogP contribution in [0.15, 0.2) is 24.3 Å². The average molecular weight is 328 g/mol. The Balaban J connectivity index is 1.71. The standard InChI is InChI=1S/C16H19F3N2O2/c1-15(2)9-20(10-15)13-6-7-21(14(13)22)11-4-3-5-12(8-11)23-16(17,18)19/h3-5,8,13H,6-7,9-10H2,1-2H3. The summed E-state index contributed by atoms with van der Waals surface area (Å²) in [4.78, 5) is 16.2. The predicted octanol–water partition coefficient (Wildman–Crippen LogP) is 3.03. The van der Waals surface area contributed by atoms with Crippen molar-refractivity contribution in [1.82, 2.24) is 4.90 Å². The molecule has 0 spiro atoms. The van der Waals surface area contributed by atoms with Crippen molar-refractivity contribution in [1.29, 1.82) is 0 Å². The molecule has 0 N–H and O–H groups in total. The van der Waals surface area contributed by atoms with Crippen LogP contribution in [0.3, 0.4) is 0 Å². The number of nitrogens with zero attached hydrogens (tertiary/aromatic N) is 2. The number of ether oxygens (including phenoxy) is 1. The lowest BCUT2D eigenvalue weighted by molar-refractivity contribution is -0.274. The van der Waals surface area contributed by atoms with Gasteiger partial charge in [0.2, 0.25) is 5.91 Å². The van der Waals surface area contributed by atoms with Gasteiger partial charge in [0.25, 0.3) is 0 Å². The van der Waals surface area contributed by atoms with Crippen LogP contribution in [0.5, 0.6) is 5.75 Å². The van der Waals surface area contributed by atoms with Gasteiger partial charge in [0.15, 0.2) is 0 Å². The lowest BCUT2D eigenvalue weighted by atomic mass is 9.83. The van der Waals surface area contributed by atoms with Gasteiger partial charge in [-0.05, 0) is 24.0 Å². The van der Waals surface area contributed by atoms with E-state index >= 15 is 0 Å².